The van der Waals surface area contributed by atoms with E-state index in [-0.39, 0.29) is 6.10 Å². The summed E-state index contributed by atoms with van der Waals surface area (Å²) < 4.78 is 6.37. The molecule has 0 amide bonds. The van der Waals surface area contributed by atoms with Crippen LogP contribution in [0.1, 0.15) is 24.8 Å². The van der Waals surface area contributed by atoms with E-state index < -0.39 is 0 Å². The van der Waals surface area contributed by atoms with Crippen LogP contribution in [0.2, 0.25) is 0 Å². The Morgan fingerprint density at radius 2 is 2.25 bits per heavy atom. The van der Waals surface area contributed by atoms with Gasteiger partial charge < -0.3 is 9.84 Å². The summed E-state index contributed by atoms with van der Waals surface area (Å²) in [7, 11) is 1.68. The molecule has 0 aromatic heterocycles. The van der Waals surface area contributed by atoms with Gasteiger partial charge in [0.15, 0.2) is 0 Å². The van der Waals surface area contributed by atoms with Gasteiger partial charge in [-0.25, -0.2) is 0 Å². The van der Waals surface area contributed by atoms with Crippen molar-refractivity contribution in [2.45, 2.75) is 31.8 Å². The second-order valence-electron chi connectivity index (χ2n) is 4.40. The molecule has 1 aromatic rings. The van der Waals surface area contributed by atoms with Gasteiger partial charge in [0.05, 0.1) is 13.2 Å². The van der Waals surface area contributed by atoms with E-state index in [9.17, 15) is 5.11 Å². The molecule has 1 N–H and O–H groups in total. The first-order valence-electron chi connectivity index (χ1n) is 5.71. The van der Waals surface area contributed by atoms with Crippen LogP contribution in [0, 0.1) is 5.92 Å². The number of hydrogen-bond donors (Lipinski definition) is 1. The molecule has 1 atom stereocenters. The Labute approximate surface area is 105 Å². The minimum absolute atomic E-state index is 0.135. The minimum Gasteiger partial charge on any atom is -0.496 e. The molecule has 0 aliphatic heterocycles. The molecular formula is C13H17BrO2. The first-order valence-corrected chi connectivity index (χ1v) is 6.50. The van der Waals surface area contributed by atoms with Crippen molar-refractivity contribution in [3.8, 4) is 5.75 Å². The third kappa shape index (κ3) is 2.98. The zero-order valence-corrected chi connectivity index (χ0v) is 11.0. The normalized spacial score (nSPS) is 17.2. The first-order chi connectivity index (χ1) is 7.70. The molecule has 88 valence electrons. The van der Waals surface area contributed by atoms with Crippen molar-refractivity contribution in [1.29, 1.82) is 0 Å². The molecule has 1 aliphatic rings. The average molecular weight is 285 g/mol. The Hall–Kier alpha value is -0.540. The molecule has 0 spiro atoms. The fourth-order valence-electron chi connectivity index (χ4n) is 1.96. The molecule has 1 saturated carbocycles. The standard InChI is InChI=1S/C13H17BrO2/c1-16-13-7-5-11(14)8-10(13)4-6-12(15)9-2-3-9/h5,7-9,12,15H,2-4,6H2,1H3. The van der Waals surface area contributed by atoms with E-state index >= 15 is 0 Å². The number of rotatable bonds is 5. The van der Waals surface area contributed by atoms with E-state index in [1.165, 1.54) is 12.8 Å². The summed E-state index contributed by atoms with van der Waals surface area (Å²) in [6.07, 6.45) is 3.95. The summed E-state index contributed by atoms with van der Waals surface area (Å²) in [5, 5.41) is 9.83. The molecule has 1 aliphatic carbocycles. The van der Waals surface area contributed by atoms with Gasteiger partial charge in [0, 0.05) is 4.47 Å². The van der Waals surface area contributed by atoms with Crippen LogP contribution in [-0.2, 0) is 6.42 Å². The number of aliphatic hydroxyl groups is 1. The predicted octanol–water partition coefficient (Wildman–Crippen LogP) is 3.16. The van der Waals surface area contributed by atoms with Gasteiger partial charge in [-0.05, 0) is 55.4 Å². The fraction of sp³-hybridized carbons (Fsp3) is 0.538. The van der Waals surface area contributed by atoms with Crippen LogP contribution in [-0.4, -0.2) is 18.3 Å². The lowest BCUT2D eigenvalue weighted by molar-refractivity contribution is 0.141. The third-order valence-corrected chi connectivity index (χ3v) is 3.61. The van der Waals surface area contributed by atoms with E-state index in [4.69, 9.17) is 4.74 Å². The lowest BCUT2D eigenvalue weighted by Crippen LogP contribution is -2.10. The van der Waals surface area contributed by atoms with Crippen LogP contribution >= 0.6 is 15.9 Å². The van der Waals surface area contributed by atoms with Crippen molar-refractivity contribution in [1.82, 2.24) is 0 Å². The highest BCUT2D eigenvalue weighted by molar-refractivity contribution is 9.10. The Morgan fingerprint density at radius 3 is 2.88 bits per heavy atom. The Kier molecular flexibility index (Phi) is 3.87. The number of halogens is 1. The molecule has 1 unspecified atom stereocenters. The highest BCUT2D eigenvalue weighted by Gasteiger charge is 2.29. The molecule has 3 heteroatoms. The van der Waals surface area contributed by atoms with Crippen LogP contribution in [0.25, 0.3) is 0 Å². The zero-order valence-electron chi connectivity index (χ0n) is 9.45. The number of hydrogen-bond acceptors (Lipinski definition) is 2. The van der Waals surface area contributed by atoms with Gasteiger partial charge in [0.2, 0.25) is 0 Å². The SMILES string of the molecule is COc1ccc(Br)cc1CCC(O)C1CC1. The maximum atomic E-state index is 9.83. The van der Waals surface area contributed by atoms with Gasteiger partial charge in [-0.1, -0.05) is 15.9 Å². The van der Waals surface area contributed by atoms with Crippen LogP contribution in [0.5, 0.6) is 5.75 Å². The lowest BCUT2D eigenvalue weighted by Gasteiger charge is -2.12. The van der Waals surface area contributed by atoms with E-state index in [0.29, 0.717) is 5.92 Å². The van der Waals surface area contributed by atoms with Gasteiger partial charge in [0.1, 0.15) is 5.75 Å². The number of ether oxygens (including phenoxy) is 1. The van der Waals surface area contributed by atoms with Crippen molar-refractivity contribution < 1.29 is 9.84 Å². The summed E-state index contributed by atoms with van der Waals surface area (Å²) in [6.45, 7) is 0. The quantitative estimate of drug-likeness (QED) is 0.900. The minimum atomic E-state index is -0.135. The molecule has 0 radical (unpaired) electrons. The van der Waals surface area contributed by atoms with Crippen molar-refractivity contribution in [3.63, 3.8) is 0 Å². The van der Waals surface area contributed by atoms with Crippen LogP contribution < -0.4 is 4.74 Å². The fourth-order valence-corrected chi connectivity index (χ4v) is 2.37. The molecule has 0 bridgehead atoms. The van der Waals surface area contributed by atoms with Crippen LogP contribution in [0.4, 0.5) is 0 Å². The highest BCUT2D eigenvalue weighted by Crippen LogP contribution is 2.35. The summed E-state index contributed by atoms with van der Waals surface area (Å²) in [5.41, 5.74) is 1.16. The number of benzene rings is 1. The molecule has 2 nitrogen and oxygen atoms in total. The second kappa shape index (κ2) is 5.19. The summed E-state index contributed by atoms with van der Waals surface area (Å²) in [4.78, 5) is 0. The van der Waals surface area contributed by atoms with Gasteiger partial charge in [-0.3, -0.25) is 0 Å². The van der Waals surface area contributed by atoms with Crippen molar-refractivity contribution in [2.24, 2.45) is 5.92 Å². The van der Waals surface area contributed by atoms with Gasteiger partial charge in [-0.2, -0.15) is 0 Å². The van der Waals surface area contributed by atoms with E-state index in [0.717, 1.165) is 28.6 Å². The predicted molar refractivity (Wildman–Crippen MR) is 67.7 cm³/mol. The maximum absolute atomic E-state index is 9.83. The van der Waals surface area contributed by atoms with Gasteiger partial charge in [-0.15, -0.1) is 0 Å². The molecule has 1 aromatic carbocycles. The molecule has 2 rings (SSSR count). The lowest BCUT2D eigenvalue weighted by atomic mass is 10.0. The first kappa shape index (κ1) is 11.9. The van der Waals surface area contributed by atoms with Gasteiger partial charge >= 0.3 is 0 Å². The largest absolute Gasteiger partial charge is 0.496 e. The number of methoxy groups -OCH3 is 1. The summed E-state index contributed by atoms with van der Waals surface area (Å²) in [5.74, 6) is 1.46. The molecule has 1 fully saturated rings. The van der Waals surface area contributed by atoms with E-state index in [1.54, 1.807) is 7.11 Å². The van der Waals surface area contributed by atoms with Gasteiger partial charge in [0.25, 0.3) is 0 Å². The summed E-state index contributed by atoms with van der Waals surface area (Å²) in [6, 6.07) is 6.00. The van der Waals surface area contributed by atoms with Crippen LogP contribution in [0.15, 0.2) is 22.7 Å². The molecule has 0 heterocycles. The average Bonchev–Trinajstić information content (AvgIpc) is 3.10. The second-order valence-corrected chi connectivity index (χ2v) is 5.32. The molecular weight excluding hydrogens is 268 g/mol. The van der Waals surface area contributed by atoms with E-state index in [1.807, 2.05) is 12.1 Å². The monoisotopic (exact) mass is 284 g/mol. The highest BCUT2D eigenvalue weighted by atomic mass is 79.9. The topological polar surface area (TPSA) is 29.5 Å². The Bertz CT molecular complexity index is 361. The third-order valence-electron chi connectivity index (χ3n) is 3.12. The van der Waals surface area contributed by atoms with Crippen molar-refractivity contribution in [3.05, 3.63) is 28.2 Å². The molecule has 16 heavy (non-hydrogen) atoms. The van der Waals surface area contributed by atoms with Crippen LogP contribution in [0.3, 0.4) is 0 Å². The zero-order chi connectivity index (χ0) is 11.5. The Balaban J connectivity index is 1.98. The summed E-state index contributed by atoms with van der Waals surface area (Å²) >= 11 is 3.46. The smallest absolute Gasteiger partial charge is 0.122 e. The van der Waals surface area contributed by atoms with Crippen molar-refractivity contribution >= 4 is 15.9 Å². The number of aliphatic hydroxyl groups excluding tert-OH is 1. The number of aryl methyl sites for hydroxylation is 1. The van der Waals surface area contributed by atoms with E-state index in [2.05, 4.69) is 22.0 Å². The Morgan fingerprint density at radius 1 is 1.50 bits per heavy atom. The molecule has 0 saturated heterocycles. The maximum Gasteiger partial charge on any atom is 0.122 e. The van der Waals surface area contributed by atoms with Crippen molar-refractivity contribution in [2.75, 3.05) is 7.11 Å².